The van der Waals surface area contributed by atoms with E-state index in [1.54, 1.807) is 32.8 Å². The maximum atomic E-state index is 12.4. The number of esters is 1. The van der Waals surface area contributed by atoms with Gasteiger partial charge in [-0.25, -0.2) is 9.31 Å². The molecule has 1 aromatic carbocycles. The molecule has 0 N–H and O–H groups in total. The Bertz CT molecular complexity index is 969. The fraction of sp³-hybridized carbons (Fsp3) is 0.368. The van der Waals surface area contributed by atoms with E-state index in [1.807, 2.05) is 17.5 Å². The number of hydrogen-bond donors (Lipinski definition) is 0. The van der Waals surface area contributed by atoms with Gasteiger partial charge in [0.1, 0.15) is 16.3 Å². The molecule has 0 amide bonds. The number of nitrogens with zero attached hydrogens (tertiary/aromatic N) is 2. The molecule has 150 valence electrons. The van der Waals surface area contributed by atoms with E-state index in [0.717, 1.165) is 11.1 Å². The van der Waals surface area contributed by atoms with Crippen molar-refractivity contribution in [2.45, 2.75) is 13.5 Å². The Morgan fingerprint density at radius 2 is 1.79 bits per heavy atom. The predicted molar refractivity (Wildman–Crippen MR) is 105 cm³/mol. The van der Waals surface area contributed by atoms with Gasteiger partial charge in [0.25, 0.3) is 0 Å². The van der Waals surface area contributed by atoms with Crippen molar-refractivity contribution >= 4 is 22.1 Å². The van der Waals surface area contributed by atoms with Crippen molar-refractivity contribution in [3.63, 3.8) is 0 Å². The van der Waals surface area contributed by atoms with Gasteiger partial charge in [0.15, 0.2) is 5.56 Å². The first-order valence-electron chi connectivity index (χ1n) is 8.55. The molecule has 28 heavy (non-hydrogen) atoms. The number of hydrogen-bond acceptors (Lipinski definition) is 8. The van der Waals surface area contributed by atoms with E-state index in [9.17, 15) is 4.79 Å². The van der Waals surface area contributed by atoms with Crippen LogP contribution in [-0.4, -0.2) is 50.6 Å². The molecule has 3 aromatic rings. The minimum absolute atomic E-state index is 0.209. The third-order valence-electron chi connectivity index (χ3n) is 4.13. The van der Waals surface area contributed by atoms with Crippen molar-refractivity contribution in [2.24, 2.45) is 0 Å². The van der Waals surface area contributed by atoms with Crippen molar-refractivity contribution in [3.05, 3.63) is 28.6 Å². The summed E-state index contributed by atoms with van der Waals surface area (Å²) < 4.78 is 28.5. The quantitative estimate of drug-likeness (QED) is 0.530. The van der Waals surface area contributed by atoms with Crippen molar-refractivity contribution in [3.8, 4) is 28.6 Å². The second kappa shape index (κ2) is 8.49. The highest BCUT2D eigenvalue weighted by Crippen LogP contribution is 2.42. The summed E-state index contributed by atoms with van der Waals surface area (Å²) in [6.45, 7) is 2.44. The lowest BCUT2D eigenvalue weighted by atomic mass is 10.1. The Morgan fingerprint density at radius 3 is 2.32 bits per heavy atom. The summed E-state index contributed by atoms with van der Waals surface area (Å²) in [5.41, 5.74) is 2.65. The fourth-order valence-corrected chi connectivity index (χ4v) is 3.94. The summed E-state index contributed by atoms with van der Waals surface area (Å²) in [6, 6.07) is 3.77. The van der Waals surface area contributed by atoms with Crippen LogP contribution in [0.4, 0.5) is 0 Å². The average Bonchev–Trinajstić information content (AvgIpc) is 3.26. The molecule has 3 rings (SSSR count). The summed E-state index contributed by atoms with van der Waals surface area (Å²) in [5.74, 6) is 0.953. The molecule has 0 spiro atoms. The van der Waals surface area contributed by atoms with E-state index in [1.165, 1.54) is 18.4 Å². The van der Waals surface area contributed by atoms with E-state index in [0.29, 0.717) is 34.2 Å². The monoisotopic (exact) mass is 406 g/mol. The molecule has 0 saturated carbocycles. The molecular formula is C19H22N2O6S. The first-order valence-corrected chi connectivity index (χ1v) is 9.43. The van der Waals surface area contributed by atoms with Crippen LogP contribution >= 0.6 is 11.3 Å². The molecular weight excluding hydrogens is 384 g/mol. The van der Waals surface area contributed by atoms with Crippen LogP contribution in [0.1, 0.15) is 22.8 Å². The third kappa shape index (κ3) is 3.38. The van der Waals surface area contributed by atoms with Crippen LogP contribution in [0.2, 0.25) is 0 Å². The Kier molecular flexibility index (Phi) is 6.05. The molecule has 0 unspecified atom stereocenters. The predicted octanol–water partition coefficient (Wildman–Crippen LogP) is 3.41. The minimum atomic E-state index is -0.475. The van der Waals surface area contributed by atoms with Gasteiger partial charge in [-0.2, -0.15) is 0 Å². The maximum Gasteiger partial charge on any atom is 0.346 e. The Labute approximate surface area is 166 Å². The number of methoxy groups -OCH3 is 4. The first kappa shape index (κ1) is 20.0. The van der Waals surface area contributed by atoms with E-state index in [-0.39, 0.29) is 12.5 Å². The summed E-state index contributed by atoms with van der Waals surface area (Å²) >= 11 is 1.36. The highest BCUT2D eigenvalue weighted by Gasteiger charge is 2.27. The van der Waals surface area contributed by atoms with Crippen molar-refractivity contribution in [2.75, 3.05) is 35.0 Å². The van der Waals surface area contributed by atoms with Gasteiger partial charge < -0.3 is 23.7 Å². The third-order valence-corrected chi connectivity index (χ3v) is 5.07. The number of benzene rings is 1. The second-order valence-corrected chi connectivity index (χ2v) is 6.61. The molecule has 0 aliphatic carbocycles. The van der Waals surface area contributed by atoms with Gasteiger partial charge in [0.2, 0.25) is 5.88 Å². The van der Waals surface area contributed by atoms with Crippen LogP contribution in [0.3, 0.4) is 0 Å². The van der Waals surface area contributed by atoms with Crippen molar-refractivity contribution in [1.82, 2.24) is 9.61 Å². The minimum Gasteiger partial charge on any atom is -0.496 e. The smallest absolute Gasteiger partial charge is 0.346 e. The topological polar surface area (TPSA) is 80.5 Å². The molecule has 0 atom stereocenters. The van der Waals surface area contributed by atoms with E-state index in [2.05, 4.69) is 5.10 Å². The van der Waals surface area contributed by atoms with Gasteiger partial charge in [-0.05, 0) is 24.6 Å². The van der Waals surface area contributed by atoms with Crippen LogP contribution in [-0.2, 0) is 16.1 Å². The number of rotatable bonds is 8. The zero-order valence-electron chi connectivity index (χ0n) is 16.4. The number of carbonyl (C=O) groups excluding carboxylic acids is 1. The lowest BCUT2D eigenvalue weighted by Crippen LogP contribution is -2.05. The molecule has 0 aliphatic rings. The lowest BCUT2D eigenvalue weighted by Gasteiger charge is -2.14. The lowest BCUT2D eigenvalue weighted by molar-refractivity contribution is 0.0525. The maximum absolute atomic E-state index is 12.4. The first-order chi connectivity index (χ1) is 13.6. The van der Waals surface area contributed by atoms with Crippen LogP contribution < -0.4 is 14.2 Å². The Hall–Kier alpha value is -2.78. The van der Waals surface area contributed by atoms with Crippen molar-refractivity contribution < 1.29 is 28.5 Å². The molecule has 2 aromatic heterocycles. The molecule has 0 aliphatic heterocycles. The van der Waals surface area contributed by atoms with Crippen LogP contribution in [0.5, 0.6) is 17.4 Å². The molecule has 0 saturated heterocycles. The number of fused-ring (bicyclic) bond motifs is 1. The SMILES string of the molecule is CCOC(=O)c1c(OC)nn2c(-c3c(OC)cc(COC)cc3OC)csc12. The van der Waals surface area contributed by atoms with Gasteiger partial charge in [-0.3, -0.25) is 0 Å². The summed E-state index contributed by atoms with van der Waals surface area (Å²) in [6.07, 6.45) is 0. The van der Waals surface area contributed by atoms with E-state index in [4.69, 9.17) is 23.7 Å². The molecule has 0 fully saturated rings. The van der Waals surface area contributed by atoms with Gasteiger partial charge in [0.05, 0.1) is 45.8 Å². The van der Waals surface area contributed by atoms with Gasteiger partial charge in [-0.15, -0.1) is 16.4 Å². The number of ether oxygens (including phenoxy) is 5. The van der Waals surface area contributed by atoms with Crippen molar-refractivity contribution in [1.29, 1.82) is 0 Å². The van der Waals surface area contributed by atoms with Crippen LogP contribution in [0, 0.1) is 0 Å². The van der Waals surface area contributed by atoms with E-state index >= 15 is 0 Å². The van der Waals surface area contributed by atoms with Gasteiger partial charge in [0, 0.05) is 12.5 Å². The largest absolute Gasteiger partial charge is 0.496 e. The average molecular weight is 406 g/mol. The molecule has 2 heterocycles. The van der Waals surface area contributed by atoms with E-state index < -0.39 is 5.97 Å². The highest BCUT2D eigenvalue weighted by molar-refractivity contribution is 7.16. The Balaban J connectivity index is 2.23. The highest BCUT2D eigenvalue weighted by atomic mass is 32.1. The van der Waals surface area contributed by atoms with Gasteiger partial charge in [-0.1, -0.05) is 0 Å². The number of carbonyl (C=O) groups is 1. The zero-order chi connectivity index (χ0) is 20.3. The second-order valence-electron chi connectivity index (χ2n) is 5.75. The van der Waals surface area contributed by atoms with Gasteiger partial charge >= 0.3 is 5.97 Å². The standard InChI is InChI=1S/C19H22N2O6S/c1-6-27-19(22)16-17(26-5)20-21-12(10-28-18(16)21)15-13(24-3)7-11(9-23-2)8-14(15)25-4/h7-8,10H,6,9H2,1-5H3. The Morgan fingerprint density at radius 1 is 1.11 bits per heavy atom. The number of thiazole rings is 1. The summed E-state index contributed by atoms with van der Waals surface area (Å²) in [5, 5.41) is 6.34. The molecule has 9 heteroatoms. The molecule has 8 nitrogen and oxygen atoms in total. The molecule has 0 radical (unpaired) electrons. The normalized spacial score (nSPS) is 10.9. The summed E-state index contributed by atoms with van der Waals surface area (Å²) in [4.78, 5) is 13.0. The van der Waals surface area contributed by atoms with Crippen LogP contribution in [0.15, 0.2) is 17.5 Å². The fourth-order valence-electron chi connectivity index (χ4n) is 2.97. The molecule has 0 bridgehead atoms. The van der Waals surface area contributed by atoms with Crippen LogP contribution in [0.25, 0.3) is 16.1 Å². The zero-order valence-corrected chi connectivity index (χ0v) is 17.2. The number of aromatic nitrogens is 2. The summed E-state index contributed by atoms with van der Waals surface area (Å²) in [7, 11) is 6.27.